The average Bonchev–Trinajstić information content (AvgIpc) is 3.24. The molecule has 0 bridgehead atoms. The van der Waals surface area contributed by atoms with Gasteiger partial charge in [0.2, 0.25) is 5.91 Å². The van der Waals surface area contributed by atoms with E-state index in [1.54, 1.807) is 24.3 Å². The fourth-order valence-corrected chi connectivity index (χ4v) is 7.36. The summed E-state index contributed by atoms with van der Waals surface area (Å²) in [4.78, 5) is 40.6. The van der Waals surface area contributed by atoms with Gasteiger partial charge in [0.15, 0.2) is 5.78 Å². The van der Waals surface area contributed by atoms with E-state index < -0.39 is 28.8 Å². The monoisotopic (exact) mass is 559 g/mol. The summed E-state index contributed by atoms with van der Waals surface area (Å²) in [5, 5.41) is 11.6. The molecule has 2 aromatic carbocycles. The number of thioether (sulfide) groups is 1. The molecule has 2 aliphatic heterocycles. The summed E-state index contributed by atoms with van der Waals surface area (Å²) < 4.78 is 0.782. The molecule has 0 saturated carbocycles. The Kier molecular flexibility index (Phi) is 6.07. The Bertz CT molecular complexity index is 1240. The topological polar surface area (TPSA) is 165 Å². The van der Waals surface area contributed by atoms with Crippen LogP contribution in [-0.4, -0.2) is 58.2 Å². The Balaban J connectivity index is 1.52. The molecule has 2 aromatic rings. The lowest BCUT2D eigenvalue weighted by Gasteiger charge is -2.41. The van der Waals surface area contributed by atoms with Crippen LogP contribution >= 0.6 is 27.7 Å². The van der Waals surface area contributed by atoms with Crippen molar-refractivity contribution in [2.24, 2.45) is 11.5 Å². The number of nitrogen functional groups attached to an aromatic ring is 1. The lowest BCUT2D eigenvalue weighted by atomic mass is 9.65. The van der Waals surface area contributed by atoms with Crippen LogP contribution in [-0.2, 0) is 15.1 Å². The highest BCUT2D eigenvalue weighted by Crippen LogP contribution is 2.56. The van der Waals surface area contributed by atoms with Crippen LogP contribution in [0.1, 0.15) is 35.4 Å². The van der Waals surface area contributed by atoms with Gasteiger partial charge in [0.05, 0.1) is 11.3 Å². The number of benzene rings is 2. The van der Waals surface area contributed by atoms with Crippen LogP contribution in [0.2, 0.25) is 0 Å². The number of carbonyl (C=O) groups excluding carboxylic acids is 2. The third-order valence-electron chi connectivity index (χ3n) is 7.21. The maximum absolute atomic E-state index is 13.8. The number of rotatable bonds is 3. The molecule has 8 N–H and O–H groups in total. The van der Waals surface area contributed by atoms with E-state index >= 15 is 0 Å². The molecule has 9 nitrogen and oxygen atoms in total. The van der Waals surface area contributed by atoms with Crippen molar-refractivity contribution < 1.29 is 19.5 Å². The van der Waals surface area contributed by atoms with Gasteiger partial charge in [0, 0.05) is 40.1 Å². The molecule has 0 aromatic heterocycles. The smallest absolute Gasteiger partial charge is 0.407 e. The summed E-state index contributed by atoms with van der Waals surface area (Å²) in [6.45, 7) is 0.671. The highest BCUT2D eigenvalue weighted by molar-refractivity contribution is 9.10. The van der Waals surface area contributed by atoms with E-state index in [4.69, 9.17) is 17.2 Å². The number of likely N-dealkylation sites (tertiary alicyclic amines) is 1. The van der Waals surface area contributed by atoms with Crippen LogP contribution in [0.25, 0.3) is 0 Å². The Labute approximate surface area is 214 Å². The number of nitrogens with one attached hydrogen (secondary N) is 1. The highest BCUT2D eigenvalue weighted by atomic mass is 79.9. The number of ketones is 1. The normalized spacial score (nSPS) is 29.6. The molecule has 2 heterocycles. The molecule has 1 fully saturated rings. The van der Waals surface area contributed by atoms with Gasteiger partial charge in [-0.05, 0) is 47.7 Å². The first-order valence-corrected chi connectivity index (χ1v) is 13.0. The van der Waals surface area contributed by atoms with Crippen molar-refractivity contribution in [1.29, 1.82) is 0 Å². The molecular weight excluding hydrogens is 534 g/mol. The predicted molar refractivity (Wildman–Crippen MR) is 136 cm³/mol. The standard InChI is InChI=1S/C24H26BrN5O4S/c25-12-4-1-3-11(9-12)24(28)14-6-7-15(26)19-16(14)17(18(27)21(24)31)20(35-19)22(32)29-13-5-2-8-30(10-13)23(33)34/h1,3-4,6-7,9,13,17-18,20H,2,5,8,10,26-28H2,(H,29,32)(H,33,34). The van der Waals surface area contributed by atoms with Gasteiger partial charge in [0.25, 0.3) is 0 Å². The van der Waals surface area contributed by atoms with Crippen LogP contribution in [0.5, 0.6) is 0 Å². The first-order valence-electron chi connectivity index (χ1n) is 11.4. The summed E-state index contributed by atoms with van der Waals surface area (Å²) in [6, 6.07) is 9.42. The van der Waals surface area contributed by atoms with Gasteiger partial charge in [-0.3, -0.25) is 9.59 Å². The fourth-order valence-electron chi connectivity index (χ4n) is 5.50. The first kappa shape index (κ1) is 24.1. The Hall–Kier alpha value is -2.60. The van der Waals surface area contributed by atoms with Gasteiger partial charge < -0.3 is 32.5 Å². The van der Waals surface area contributed by atoms with Crippen molar-refractivity contribution in [1.82, 2.24) is 10.2 Å². The van der Waals surface area contributed by atoms with Crippen LogP contribution < -0.4 is 22.5 Å². The molecule has 5 rings (SSSR count). The maximum Gasteiger partial charge on any atom is 0.407 e. The second kappa shape index (κ2) is 8.81. The summed E-state index contributed by atoms with van der Waals surface area (Å²) in [7, 11) is 0. The number of hydrogen-bond acceptors (Lipinski definition) is 7. The highest BCUT2D eigenvalue weighted by Gasteiger charge is 2.56. The predicted octanol–water partition coefficient (Wildman–Crippen LogP) is 1.96. The van der Waals surface area contributed by atoms with Crippen molar-refractivity contribution in [3.8, 4) is 0 Å². The molecule has 3 aliphatic rings. The van der Waals surface area contributed by atoms with E-state index in [-0.39, 0.29) is 24.3 Å². The number of piperidine rings is 1. The lowest BCUT2D eigenvalue weighted by molar-refractivity contribution is -0.126. The average molecular weight is 560 g/mol. The molecule has 184 valence electrons. The quantitative estimate of drug-likeness (QED) is 0.356. The molecule has 1 saturated heterocycles. The summed E-state index contributed by atoms with van der Waals surface area (Å²) in [6.07, 6.45) is 0.337. The van der Waals surface area contributed by atoms with E-state index in [1.165, 1.54) is 16.7 Å². The number of carboxylic acid groups (broad SMARTS) is 1. The molecule has 0 spiro atoms. The zero-order valence-electron chi connectivity index (χ0n) is 18.7. The van der Waals surface area contributed by atoms with Gasteiger partial charge in [-0.2, -0.15) is 0 Å². The zero-order valence-corrected chi connectivity index (χ0v) is 21.1. The second-order valence-electron chi connectivity index (χ2n) is 9.29. The molecule has 0 radical (unpaired) electrons. The Morgan fingerprint density at radius 2 is 2.03 bits per heavy atom. The summed E-state index contributed by atoms with van der Waals surface area (Å²) in [5.74, 6) is -1.24. The van der Waals surface area contributed by atoms with Crippen LogP contribution in [0, 0.1) is 0 Å². The largest absolute Gasteiger partial charge is 0.465 e. The van der Waals surface area contributed by atoms with Crippen LogP contribution in [0.3, 0.4) is 0 Å². The number of halogens is 1. The number of nitrogens with zero attached hydrogens (tertiary/aromatic N) is 1. The van der Waals surface area contributed by atoms with Gasteiger partial charge in [-0.1, -0.05) is 34.1 Å². The van der Waals surface area contributed by atoms with Gasteiger partial charge in [0.1, 0.15) is 5.54 Å². The summed E-state index contributed by atoms with van der Waals surface area (Å²) in [5.41, 5.74) is 20.7. The SMILES string of the molecule is Nc1ccc2c3c1SC(C(=O)NC1CCCN(C(=O)O)C1)C3C(N)C(=O)C2(N)c1cccc(Br)c1. The number of amides is 2. The number of carbonyl (C=O) groups is 3. The molecule has 1 aliphatic carbocycles. The van der Waals surface area contributed by atoms with E-state index in [0.29, 0.717) is 36.2 Å². The van der Waals surface area contributed by atoms with E-state index in [2.05, 4.69) is 21.2 Å². The maximum atomic E-state index is 13.8. The van der Waals surface area contributed by atoms with E-state index in [9.17, 15) is 19.5 Å². The fraction of sp³-hybridized carbons (Fsp3) is 0.375. The third-order valence-corrected chi connectivity index (χ3v) is 9.16. The van der Waals surface area contributed by atoms with Crippen molar-refractivity contribution in [2.75, 3.05) is 18.8 Å². The molecule has 5 unspecified atom stereocenters. The Morgan fingerprint density at radius 1 is 1.26 bits per heavy atom. The van der Waals surface area contributed by atoms with E-state index in [0.717, 1.165) is 14.9 Å². The number of Topliss-reactive ketones (excluding diaryl/α,β-unsaturated/α-hetero) is 1. The molecule has 2 amide bonds. The number of nitrogens with two attached hydrogens (primary N) is 3. The van der Waals surface area contributed by atoms with Crippen molar-refractivity contribution >= 4 is 51.2 Å². The zero-order chi connectivity index (χ0) is 25.1. The minimum atomic E-state index is -1.48. The van der Waals surface area contributed by atoms with E-state index in [1.807, 2.05) is 12.1 Å². The van der Waals surface area contributed by atoms with Gasteiger partial charge in [-0.15, -0.1) is 11.8 Å². The minimum Gasteiger partial charge on any atom is -0.465 e. The number of anilines is 1. The minimum absolute atomic E-state index is 0.225. The molecule has 35 heavy (non-hydrogen) atoms. The third kappa shape index (κ3) is 3.81. The van der Waals surface area contributed by atoms with Gasteiger partial charge >= 0.3 is 6.09 Å². The van der Waals surface area contributed by atoms with Gasteiger partial charge in [-0.25, -0.2) is 4.79 Å². The lowest BCUT2D eigenvalue weighted by Crippen LogP contribution is -2.61. The number of hydrogen-bond donors (Lipinski definition) is 5. The van der Waals surface area contributed by atoms with Crippen molar-refractivity contribution in [3.63, 3.8) is 0 Å². The van der Waals surface area contributed by atoms with Crippen LogP contribution in [0.4, 0.5) is 10.5 Å². The van der Waals surface area contributed by atoms with Crippen molar-refractivity contribution in [3.05, 3.63) is 57.6 Å². The summed E-state index contributed by atoms with van der Waals surface area (Å²) >= 11 is 4.75. The molecular formula is C24H26BrN5O4S. The first-order chi connectivity index (χ1) is 16.6. The molecule has 11 heteroatoms. The van der Waals surface area contributed by atoms with Crippen molar-refractivity contribution in [2.45, 2.75) is 46.5 Å². The Morgan fingerprint density at radius 3 is 2.74 bits per heavy atom. The second-order valence-corrected chi connectivity index (χ2v) is 11.4. The van der Waals surface area contributed by atoms with Crippen LogP contribution in [0.15, 0.2) is 45.8 Å². The molecule has 5 atom stereocenters.